The number of aromatic hydroxyl groups is 2. The van der Waals surface area contributed by atoms with Crippen molar-refractivity contribution >= 4 is 59.5 Å². The van der Waals surface area contributed by atoms with Crippen LogP contribution in [0.4, 0.5) is 40.1 Å². The number of phenols is 2. The second kappa shape index (κ2) is 27.2. The molecule has 0 aromatic heterocycles. The van der Waals surface area contributed by atoms with E-state index in [1.807, 2.05) is 0 Å². The predicted molar refractivity (Wildman–Crippen MR) is 300 cm³/mol. The fourth-order valence-electron chi connectivity index (χ4n) is 7.49. The quantitative estimate of drug-likeness (QED) is 0.0455. The third kappa shape index (κ3) is 22.8. The zero-order chi connectivity index (χ0) is 60.9. The molecule has 80 heavy (non-hydrogen) atoms. The molecular formula is C56H88N8O16. The maximum Gasteiger partial charge on any atom is 0.410 e. The summed E-state index contributed by atoms with van der Waals surface area (Å²) in [6.07, 6.45) is -4.23. The van der Waals surface area contributed by atoms with Crippen molar-refractivity contribution in [3.05, 3.63) is 46.5 Å². The molecule has 1 aliphatic carbocycles. The SMILES string of the molecule is CC(C)(C)OC(=O)NCCN(CCN(CCNc1ccc(NCCN(CCN(CCNC(=O)OC(C)(C)C)C(=O)OC(C)(C)C)C(=O)OC(C)(C)C)c2c1C(=O)c1c(O)ccc(O)c1C2=O)C(=O)OC(C)(C)C)C(=O)OC(C)(C)C. The van der Waals surface area contributed by atoms with Gasteiger partial charge in [0.1, 0.15) is 45.1 Å². The fraction of sp³-hybridized carbons (Fsp3) is 0.643. The van der Waals surface area contributed by atoms with Gasteiger partial charge in [0.25, 0.3) is 0 Å². The van der Waals surface area contributed by atoms with Crippen molar-refractivity contribution < 1.29 is 77.0 Å². The summed E-state index contributed by atoms with van der Waals surface area (Å²) >= 11 is 0. The van der Waals surface area contributed by atoms with Crippen LogP contribution >= 0.6 is 0 Å². The number of benzene rings is 2. The van der Waals surface area contributed by atoms with Gasteiger partial charge in [-0.25, -0.2) is 28.8 Å². The summed E-state index contributed by atoms with van der Waals surface area (Å²) in [5, 5.41) is 33.5. The molecule has 0 saturated carbocycles. The second-order valence-electron chi connectivity index (χ2n) is 25.0. The van der Waals surface area contributed by atoms with Crippen LogP contribution in [-0.2, 0) is 28.4 Å². The highest BCUT2D eigenvalue weighted by Gasteiger charge is 2.39. The van der Waals surface area contributed by atoms with Crippen LogP contribution in [0.2, 0.25) is 0 Å². The number of hydrogen-bond acceptors (Lipinski definition) is 18. The van der Waals surface area contributed by atoms with E-state index >= 15 is 0 Å². The first-order chi connectivity index (χ1) is 36.5. The summed E-state index contributed by atoms with van der Waals surface area (Å²) < 4.78 is 33.4. The maximum absolute atomic E-state index is 14.6. The lowest BCUT2D eigenvalue weighted by molar-refractivity contribution is 0.0138. The largest absolute Gasteiger partial charge is 0.507 e. The lowest BCUT2D eigenvalue weighted by atomic mass is 9.81. The van der Waals surface area contributed by atoms with Crippen LogP contribution in [0.25, 0.3) is 0 Å². The minimum Gasteiger partial charge on any atom is -0.507 e. The molecule has 0 unspecified atom stereocenters. The van der Waals surface area contributed by atoms with Gasteiger partial charge in [-0.15, -0.1) is 0 Å². The van der Waals surface area contributed by atoms with Crippen LogP contribution in [0.5, 0.6) is 11.5 Å². The van der Waals surface area contributed by atoms with Crippen molar-refractivity contribution in [1.29, 1.82) is 0 Å². The third-order valence-corrected chi connectivity index (χ3v) is 10.7. The maximum atomic E-state index is 14.6. The number of ketones is 2. The van der Waals surface area contributed by atoms with Crippen molar-refractivity contribution in [3.63, 3.8) is 0 Å². The summed E-state index contributed by atoms with van der Waals surface area (Å²) in [4.78, 5) is 114. The summed E-state index contributed by atoms with van der Waals surface area (Å²) in [5.41, 5.74) is -6.03. The van der Waals surface area contributed by atoms with Crippen LogP contribution in [0, 0.1) is 0 Å². The molecule has 0 atom stereocenters. The molecule has 0 bridgehead atoms. The first-order valence-corrected chi connectivity index (χ1v) is 26.7. The zero-order valence-corrected chi connectivity index (χ0v) is 50.2. The van der Waals surface area contributed by atoms with Gasteiger partial charge in [-0.1, -0.05) is 0 Å². The van der Waals surface area contributed by atoms with Crippen molar-refractivity contribution in [1.82, 2.24) is 30.2 Å². The van der Waals surface area contributed by atoms with E-state index in [0.29, 0.717) is 0 Å². The van der Waals surface area contributed by atoms with Gasteiger partial charge in [-0.05, 0) is 149 Å². The van der Waals surface area contributed by atoms with E-state index in [1.165, 1.54) is 31.7 Å². The molecule has 0 saturated heterocycles. The monoisotopic (exact) mass is 1130 g/mol. The van der Waals surface area contributed by atoms with Gasteiger partial charge in [0, 0.05) is 89.9 Å². The van der Waals surface area contributed by atoms with Crippen molar-refractivity contribution in [2.24, 2.45) is 0 Å². The van der Waals surface area contributed by atoms with Crippen molar-refractivity contribution in [2.75, 3.05) is 89.2 Å². The van der Waals surface area contributed by atoms with Gasteiger partial charge in [0.2, 0.25) is 11.6 Å². The molecule has 6 amide bonds. The summed E-state index contributed by atoms with van der Waals surface area (Å²) in [7, 11) is 0. The van der Waals surface area contributed by atoms with Crippen LogP contribution in [0.1, 0.15) is 156 Å². The normalized spacial score (nSPS) is 12.7. The minimum absolute atomic E-state index is 0.00406. The Labute approximate surface area is 470 Å². The van der Waals surface area contributed by atoms with Gasteiger partial charge in [0.05, 0.1) is 22.3 Å². The smallest absolute Gasteiger partial charge is 0.410 e. The molecule has 0 fully saturated rings. The van der Waals surface area contributed by atoms with E-state index < -0.39 is 104 Å². The van der Waals surface area contributed by atoms with E-state index in [2.05, 4.69) is 21.3 Å². The van der Waals surface area contributed by atoms with Crippen LogP contribution in [0.15, 0.2) is 24.3 Å². The fourth-order valence-corrected chi connectivity index (χ4v) is 7.49. The molecule has 2 aromatic rings. The Balaban J connectivity index is 1.98. The number of ether oxygens (including phenoxy) is 6. The van der Waals surface area contributed by atoms with Crippen LogP contribution in [-0.4, -0.2) is 190 Å². The lowest BCUT2D eigenvalue weighted by Gasteiger charge is -2.32. The molecule has 24 heteroatoms. The molecular weight excluding hydrogens is 1040 g/mol. The van der Waals surface area contributed by atoms with E-state index in [9.17, 15) is 48.6 Å². The van der Waals surface area contributed by atoms with Gasteiger partial charge >= 0.3 is 36.6 Å². The number of hydrogen-bond donors (Lipinski definition) is 6. The second-order valence-corrected chi connectivity index (χ2v) is 25.0. The Kier molecular flexibility index (Phi) is 22.7. The predicted octanol–water partition coefficient (Wildman–Crippen LogP) is 8.69. The third-order valence-electron chi connectivity index (χ3n) is 10.7. The van der Waals surface area contributed by atoms with Crippen LogP contribution < -0.4 is 21.3 Å². The number of fused-ring (bicyclic) bond motifs is 2. The lowest BCUT2D eigenvalue weighted by Crippen LogP contribution is -2.47. The van der Waals surface area contributed by atoms with E-state index in [1.54, 1.807) is 125 Å². The molecule has 0 radical (unpaired) electrons. The van der Waals surface area contributed by atoms with Crippen LogP contribution in [0.3, 0.4) is 0 Å². The number of nitrogens with one attached hydrogen (secondary N) is 4. The Hall–Kier alpha value is -7.40. The summed E-state index contributed by atoms with van der Waals surface area (Å²) in [6, 6.07) is 5.23. The Morgan fingerprint density at radius 2 is 0.600 bits per heavy atom. The Morgan fingerprint density at radius 3 is 0.838 bits per heavy atom. The number of anilines is 2. The average molecular weight is 1130 g/mol. The Bertz CT molecular complexity index is 2370. The number of nitrogens with zero attached hydrogens (tertiary/aromatic N) is 4. The first-order valence-electron chi connectivity index (χ1n) is 26.7. The minimum atomic E-state index is -0.923. The van der Waals surface area contributed by atoms with Gasteiger partial charge < -0.3 is 79.5 Å². The molecule has 0 heterocycles. The van der Waals surface area contributed by atoms with Crippen molar-refractivity contribution in [3.8, 4) is 11.5 Å². The number of rotatable bonds is 20. The highest BCUT2D eigenvalue weighted by Crippen LogP contribution is 2.42. The molecule has 0 aliphatic heterocycles. The standard InChI is InChI=1S/C56H88N8O16/c1-51(2,3)75-45(69)59-25-29-63(49(73)79-55(13,14)15)33-31-61(47(71)77-53(7,8)9)27-23-57-35-19-20-36(40-39(35)43(67)41-37(65)21-22-38(66)42(41)44(40)68)58-24-28-62(48(72)78-54(10,11)12)32-34-64(50(74)80-56(16,17)18)30-26-60-46(70)76-52(4,5)6/h19-22,57-58,65-66H,23-34H2,1-18H3,(H,59,69)(H,60,70). The van der Waals surface area contributed by atoms with E-state index in [-0.39, 0.29) is 101 Å². The number of carbonyl (C=O) groups is 8. The van der Waals surface area contributed by atoms with Gasteiger partial charge in [0.15, 0.2) is 0 Å². The number of alkyl carbamates (subject to hydrolysis) is 2. The number of phenolic OH excluding ortho intramolecular Hbond substituents is 2. The average Bonchev–Trinajstić information content (AvgIpc) is 3.26. The first kappa shape index (κ1) is 66.9. The molecule has 1 aliphatic rings. The topological polar surface area (TPSA) is 293 Å². The van der Waals surface area contributed by atoms with Gasteiger partial charge in [-0.2, -0.15) is 0 Å². The van der Waals surface area contributed by atoms with Gasteiger partial charge in [-0.3, -0.25) is 9.59 Å². The Morgan fingerprint density at radius 1 is 0.362 bits per heavy atom. The van der Waals surface area contributed by atoms with E-state index in [4.69, 9.17) is 28.4 Å². The molecule has 448 valence electrons. The molecule has 3 rings (SSSR count). The summed E-state index contributed by atoms with van der Waals surface area (Å²) in [6.45, 7) is 30.1. The molecule has 0 spiro atoms. The molecule has 6 N–H and O–H groups in total. The molecule has 2 aromatic carbocycles. The number of carbonyl (C=O) groups excluding carboxylic acids is 8. The van der Waals surface area contributed by atoms with Crippen molar-refractivity contribution in [2.45, 2.75) is 158 Å². The van der Waals surface area contributed by atoms with E-state index in [0.717, 1.165) is 12.1 Å². The highest BCUT2D eigenvalue weighted by molar-refractivity contribution is 6.33. The zero-order valence-electron chi connectivity index (χ0n) is 50.2. The molecule has 24 nitrogen and oxygen atoms in total. The summed E-state index contributed by atoms with van der Waals surface area (Å²) in [5.74, 6) is -2.70. The number of amides is 6. The highest BCUT2D eigenvalue weighted by atomic mass is 16.6.